The second-order valence-corrected chi connectivity index (χ2v) is 9.67. The molecule has 2 aliphatic rings. The van der Waals surface area contributed by atoms with Gasteiger partial charge in [0, 0.05) is 48.5 Å². The van der Waals surface area contributed by atoms with Gasteiger partial charge in [0.1, 0.15) is 5.65 Å². The summed E-state index contributed by atoms with van der Waals surface area (Å²) in [5.41, 5.74) is 5.43. The van der Waals surface area contributed by atoms with Crippen molar-refractivity contribution in [1.82, 2.24) is 14.9 Å². The fraction of sp³-hybridized carbons (Fsp3) is 0.273. The van der Waals surface area contributed by atoms with Crippen LogP contribution in [-0.4, -0.2) is 55.1 Å². The van der Waals surface area contributed by atoms with Gasteiger partial charge in [0.05, 0.1) is 11.9 Å². The van der Waals surface area contributed by atoms with E-state index >= 15 is 0 Å². The Kier molecular flexibility index (Phi) is 4.39. The summed E-state index contributed by atoms with van der Waals surface area (Å²) in [6.45, 7) is 1.62. The number of benzene rings is 1. The third-order valence-corrected chi connectivity index (χ3v) is 7.05. The molecule has 1 N–H and O–H groups in total. The van der Waals surface area contributed by atoms with E-state index < -0.39 is 10.0 Å². The summed E-state index contributed by atoms with van der Waals surface area (Å²) < 4.78 is 25.2. The number of aromatic nitrogens is 2. The quantitative estimate of drug-likeness (QED) is 0.703. The van der Waals surface area contributed by atoms with E-state index in [9.17, 15) is 13.2 Å². The van der Waals surface area contributed by atoms with E-state index in [4.69, 9.17) is 0 Å². The van der Waals surface area contributed by atoms with E-state index in [1.54, 1.807) is 18.3 Å². The first kappa shape index (κ1) is 18.9. The van der Waals surface area contributed by atoms with Crippen LogP contribution in [0.25, 0.3) is 16.6 Å². The average molecular weight is 423 g/mol. The van der Waals surface area contributed by atoms with Crippen molar-refractivity contribution in [3.8, 4) is 0 Å². The second kappa shape index (κ2) is 6.98. The maximum atomic E-state index is 13.0. The molecule has 2 aromatic heterocycles. The molecule has 5 rings (SSSR count). The number of pyridine rings is 1. The lowest BCUT2D eigenvalue weighted by Gasteiger charge is -2.27. The van der Waals surface area contributed by atoms with Gasteiger partial charge in [-0.3, -0.25) is 9.10 Å². The summed E-state index contributed by atoms with van der Waals surface area (Å²) in [5, 5.41) is 1.09. The van der Waals surface area contributed by atoms with E-state index in [0.29, 0.717) is 37.3 Å². The zero-order valence-electron chi connectivity index (χ0n) is 16.6. The van der Waals surface area contributed by atoms with Crippen LogP contribution in [0.2, 0.25) is 0 Å². The van der Waals surface area contributed by atoms with Crippen molar-refractivity contribution in [2.24, 2.45) is 0 Å². The van der Waals surface area contributed by atoms with Crippen LogP contribution < -0.4 is 4.31 Å². The van der Waals surface area contributed by atoms with Gasteiger partial charge in [-0.1, -0.05) is 6.08 Å². The molecule has 1 amide bonds. The number of anilines is 1. The summed E-state index contributed by atoms with van der Waals surface area (Å²) in [5.74, 6) is -0.0218. The molecule has 8 heteroatoms. The van der Waals surface area contributed by atoms with Gasteiger partial charge in [0.15, 0.2) is 0 Å². The van der Waals surface area contributed by atoms with E-state index in [0.717, 1.165) is 28.6 Å². The Morgan fingerprint density at radius 3 is 2.80 bits per heavy atom. The van der Waals surface area contributed by atoms with Crippen LogP contribution in [0, 0.1) is 0 Å². The van der Waals surface area contributed by atoms with Crippen molar-refractivity contribution in [3.63, 3.8) is 0 Å². The predicted octanol–water partition coefficient (Wildman–Crippen LogP) is 2.81. The van der Waals surface area contributed by atoms with Crippen LogP contribution in [0.1, 0.15) is 27.9 Å². The largest absolute Gasteiger partial charge is 0.346 e. The smallest absolute Gasteiger partial charge is 0.254 e. The number of hydrogen-bond acceptors (Lipinski definition) is 4. The Hall–Kier alpha value is -3.13. The number of nitrogens with one attached hydrogen (secondary N) is 1. The molecule has 0 aliphatic carbocycles. The highest BCUT2D eigenvalue weighted by Crippen LogP contribution is 2.32. The van der Waals surface area contributed by atoms with Gasteiger partial charge in [0.25, 0.3) is 5.91 Å². The van der Waals surface area contributed by atoms with Gasteiger partial charge >= 0.3 is 0 Å². The zero-order chi connectivity index (χ0) is 20.9. The van der Waals surface area contributed by atoms with Crippen LogP contribution in [0.4, 0.5) is 5.69 Å². The molecule has 0 atom stereocenters. The molecule has 0 unspecified atom stereocenters. The summed E-state index contributed by atoms with van der Waals surface area (Å²) in [6, 6.07) is 9.30. The van der Waals surface area contributed by atoms with Crippen molar-refractivity contribution in [2.45, 2.75) is 12.8 Å². The topological polar surface area (TPSA) is 86.4 Å². The van der Waals surface area contributed by atoms with Crippen molar-refractivity contribution >= 4 is 38.2 Å². The lowest BCUT2D eigenvalue weighted by atomic mass is 9.99. The Labute approximate surface area is 175 Å². The molecular weight excluding hydrogens is 400 g/mol. The number of rotatable bonds is 3. The first-order valence-corrected chi connectivity index (χ1v) is 11.8. The molecule has 4 heterocycles. The maximum Gasteiger partial charge on any atom is 0.254 e. The number of carbonyl (C=O) groups is 1. The third kappa shape index (κ3) is 3.17. The molecule has 0 bridgehead atoms. The minimum Gasteiger partial charge on any atom is -0.346 e. The van der Waals surface area contributed by atoms with E-state index in [-0.39, 0.29) is 5.91 Å². The third-order valence-electron chi connectivity index (χ3n) is 5.87. The van der Waals surface area contributed by atoms with Crippen molar-refractivity contribution in [3.05, 3.63) is 65.5 Å². The molecule has 1 aromatic carbocycles. The standard InChI is InChI=1S/C22H22N4O3S/c1-30(28,29)26-12-8-16-13-17(4-5-20(16)26)22(27)25-10-6-15(7-11-25)19-14-24-21-18(19)3-2-9-23-21/h2-6,9,13-14H,7-8,10-12H2,1H3,(H,23,24). The van der Waals surface area contributed by atoms with Crippen molar-refractivity contribution in [2.75, 3.05) is 30.2 Å². The maximum absolute atomic E-state index is 13.0. The molecule has 0 saturated carbocycles. The zero-order valence-corrected chi connectivity index (χ0v) is 17.4. The van der Waals surface area contributed by atoms with Crippen LogP contribution in [0.5, 0.6) is 0 Å². The minimum absolute atomic E-state index is 0.0218. The summed E-state index contributed by atoms with van der Waals surface area (Å²) >= 11 is 0. The molecule has 2 aliphatic heterocycles. The second-order valence-electron chi connectivity index (χ2n) is 7.76. The summed E-state index contributed by atoms with van der Waals surface area (Å²) in [7, 11) is -3.29. The molecule has 154 valence electrons. The molecule has 0 radical (unpaired) electrons. The van der Waals surface area contributed by atoms with Gasteiger partial charge in [-0.2, -0.15) is 0 Å². The average Bonchev–Trinajstić information content (AvgIpc) is 3.37. The van der Waals surface area contributed by atoms with Gasteiger partial charge in [0.2, 0.25) is 10.0 Å². The van der Waals surface area contributed by atoms with Crippen LogP contribution >= 0.6 is 0 Å². The van der Waals surface area contributed by atoms with Gasteiger partial charge in [-0.05, 0) is 54.3 Å². The van der Waals surface area contributed by atoms with Crippen molar-refractivity contribution in [1.29, 1.82) is 0 Å². The lowest BCUT2D eigenvalue weighted by molar-refractivity contribution is 0.0773. The molecular formula is C22H22N4O3S. The molecule has 3 aromatic rings. The van der Waals surface area contributed by atoms with Crippen molar-refractivity contribution < 1.29 is 13.2 Å². The highest BCUT2D eigenvalue weighted by atomic mass is 32.2. The normalized spacial score (nSPS) is 16.6. The predicted molar refractivity (Wildman–Crippen MR) is 117 cm³/mol. The summed E-state index contributed by atoms with van der Waals surface area (Å²) in [6.07, 6.45) is 8.47. The molecule has 0 fully saturated rings. The number of sulfonamides is 1. The fourth-order valence-electron chi connectivity index (χ4n) is 4.35. The summed E-state index contributed by atoms with van der Waals surface area (Å²) in [4.78, 5) is 22.4. The van der Waals surface area contributed by atoms with Crippen LogP contribution in [0.3, 0.4) is 0 Å². The highest BCUT2D eigenvalue weighted by Gasteiger charge is 2.28. The monoisotopic (exact) mass is 422 g/mol. The highest BCUT2D eigenvalue weighted by molar-refractivity contribution is 7.92. The van der Waals surface area contributed by atoms with Gasteiger partial charge in [-0.15, -0.1) is 0 Å². The fourth-order valence-corrected chi connectivity index (χ4v) is 5.31. The number of nitrogens with zero attached hydrogens (tertiary/aromatic N) is 3. The van der Waals surface area contributed by atoms with E-state index in [2.05, 4.69) is 22.1 Å². The number of carbonyl (C=O) groups excluding carboxylic acids is 1. The Morgan fingerprint density at radius 1 is 1.17 bits per heavy atom. The minimum atomic E-state index is -3.29. The SMILES string of the molecule is CS(=O)(=O)N1CCc2cc(C(=O)N3CC=C(c4c[nH]c5ncccc45)CC3)ccc21. The van der Waals surface area contributed by atoms with Crippen LogP contribution in [0.15, 0.2) is 48.8 Å². The van der Waals surface area contributed by atoms with E-state index in [1.807, 2.05) is 23.2 Å². The first-order chi connectivity index (χ1) is 14.4. The first-order valence-electron chi connectivity index (χ1n) is 9.93. The molecule has 30 heavy (non-hydrogen) atoms. The van der Waals surface area contributed by atoms with Gasteiger partial charge in [-0.25, -0.2) is 13.4 Å². The Balaban J connectivity index is 1.35. The number of hydrogen-bond donors (Lipinski definition) is 1. The molecule has 7 nitrogen and oxygen atoms in total. The number of fused-ring (bicyclic) bond motifs is 2. The Bertz CT molecular complexity index is 1290. The lowest BCUT2D eigenvalue weighted by Crippen LogP contribution is -2.34. The van der Waals surface area contributed by atoms with Gasteiger partial charge < -0.3 is 9.88 Å². The van der Waals surface area contributed by atoms with E-state index in [1.165, 1.54) is 16.1 Å². The molecule has 0 spiro atoms. The number of aromatic amines is 1. The Morgan fingerprint density at radius 2 is 2.03 bits per heavy atom. The molecule has 0 saturated heterocycles. The van der Waals surface area contributed by atoms with Crippen LogP contribution in [-0.2, 0) is 16.4 Å². The number of H-pyrrole nitrogens is 1. The number of amides is 1.